The Morgan fingerprint density at radius 2 is 2.00 bits per heavy atom. The maximum atomic E-state index is 4.88. The van der Waals surface area contributed by atoms with Crippen molar-refractivity contribution in [2.75, 3.05) is 0 Å². The van der Waals surface area contributed by atoms with E-state index in [0.29, 0.717) is 12.0 Å². The number of nitrogens with zero attached hydrogens (tertiary/aromatic N) is 2. The van der Waals surface area contributed by atoms with E-state index in [0.717, 1.165) is 5.82 Å². The molecule has 0 saturated carbocycles. The van der Waals surface area contributed by atoms with E-state index >= 15 is 0 Å². The van der Waals surface area contributed by atoms with Gasteiger partial charge in [-0.2, -0.15) is 0 Å². The van der Waals surface area contributed by atoms with Crippen molar-refractivity contribution >= 4 is 7.85 Å². The lowest BCUT2D eigenvalue weighted by molar-refractivity contribution is 0.517. The molecule has 1 aromatic heterocycles. The van der Waals surface area contributed by atoms with Gasteiger partial charge in [0.2, 0.25) is 0 Å². The molecular weight excluding hydrogens is 195 g/mol. The molecule has 0 N–H and O–H groups in total. The number of fused-ring (bicyclic) bond motifs is 1. The normalized spacial score (nSPS) is 20.5. The van der Waals surface area contributed by atoms with Gasteiger partial charge in [-0.15, -0.1) is 0 Å². The molecule has 1 aliphatic carbocycles. The Labute approximate surface area is 99.9 Å². The van der Waals surface area contributed by atoms with Crippen LogP contribution in [0, 0.1) is 0 Å². The Morgan fingerprint density at radius 1 is 1.31 bits per heavy atom. The Kier molecular flexibility index (Phi) is 3.14. The van der Waals surface area contributed by atoms with Crippen LogP contribution in [0.15, 0.2) is 0 Å². The van der Waals surface area contributed by atoms with Crippen molar-refractivity contribution in [3.8, 4) is 0 Å². The standard InChI is InChI=1S/C13H23BN2/c1-8(2)13-15-11-7-10(14)5-6-12(11)16(13)9(3)4/h8-10H,5-7,14H2,1-4H3. The molecule has 0 saturated heterocycles. The van der Waals surface area contributed by atoms with Gasteiger partial charge in [-0.05, 0) is 26.7 Å². The van der Waals surface area contributed by atoms with Gasteiger partial charge in [-0.25, -0.2) is 4.98 Å². The highest BCUT2D eigenvalue weighted by Gasteiger charge is 2.25. The van der Waals surface area contributed by atoms with Crippen LogP contribution in [0.2, 0.25) is 5.82 Å². The van der Waals surface area contributed by atoms with Gasteiger partial charge in [0.05, 0.1) is 5.69 Å². The zero-order valence-corrected chi connectivity index (χ0v) is 11.2. The van der Waals surface area contributed by atoms with Crippen LogP contribution >= 0.6 is 0 Å². The average Bonchev–Trinajstić information content (AvgIpc) is 2.55. The average molecular weight is 218 g/mol. The molecule has 0 radical (unpaired) electrons. The summed E-state index contributed by atoms with van der Waals surface area (Å²) in [5.41, 5.74) is 2.88. The predicted octanol–water partition coefficient (Wildman–Crippen LogP) is 2.50. The van der Waals surface area contributed by atoms with Gasteiger partial charge in [-0.3, -0.25) is 0 Å². The van der Waals surface area contributed by atoms with Crippen molar-refractivity contribution in [2.45, 2.75) is 64.7 Å². The van der Waals surface area contributed by atoms with E-state index in [9.17, 15) is 0 Å². The summed E-state index contributed by atoms with van der Waals surface area (Å²) < 4.78 is 2.48. The van der Waals surface area contributed by atoms with Gasteiger partial charge in [0.1, 0.15) is 13.7 Å². The zero-order chi connectivity index (χ0) is 11.9. The first-order chi connectivity index (χ1) is 7.50. The molecule has 0 spiro atoms. The van der Waals surface area contributed by atoms with Gasteiger partial charge >= 0.3 is 0 Å². The summed E-state index contributed by atoms with van der Waals surface area (Å²) in [4.78, 5) is 4.88. The van der Waals surface area contributed by atoms with Crippen molar-refractivity contribution in [2.24, 2.45) is 0 Å². The Balaban J connectivity index is 2.48. The van der Waals surface area contributed by atoms with E-state index in [1.54, 1.807) is 0 Å². The summed E-state index contributed by atoms with van der Waals surface area (Å²) in [7, 11) is 2.34. The number of rotatable bonds is 2. The number of imidazole rings is 1. The van der Waals surface area contributed by atoms with Gasteiger partial charge in [-0.1, -0.05) is 26.1 Å². The fourth-order valence-electron chi connectivity index (χ4n) is 2.76. The monoisotopic (exact) mass is 218 g/mol. The number of hydrogen-bond acceptors (Lipinski definition) is 1. The van der Waals surface area contributed by atoms with Crippen molar-refractivity contribution in [3.05, 3.63) is 17.2 Å². The van der Waals surface area contributed by atoms with Crippen LogP contribution in [0.3, 0.4) is 0 Å². The Morgan fingerprint density at radius 3 is 2.56 bits per heavy atom. The Hall–Kier alpha value is -0.725. The van der Waals surface area contributed by atoms with Crippen LogP contribution in [0.1, 0.15) is 63.3 Å². The third-order valence-corrected chi connectivity index (χ3v) is 3.57. The highest BCUT2D eigenvalue weighted by atomic mass is 15.1. The minimum atomic E-state index is 0.531. The molecule has 0 fully saturated rings. The van der Waals surface area contributed by atoms with Gasteiger partial charge < -0.3 is 4.57 Å². The molecule has 2 rings (SSSR count). The quantitative estimate of drug-likeness (QED) is 0.697. The lowest BCUT2D eigenvalue weighted by atomic mass is 9.76. The molecule has 0 aromatic carbocycles. The van der Waals surface area contributed by atoms with Crippen LogP contribution in [-0.4, -0.2) is 17.4 Å². The number of aromatic nitrogens is 2. The van der Waals surface area contributed by atoms with E-state index in [1.807, 2.05) is 0 Å². The van der Waals surface area contributed by atoms with E-state index < -0.39 is 0 Å². The molecule has 1 heterocycles. The van der Waals surface area contributed by atoms with Crippen LogP contribution in [0.4, 0.5) is 0 Å². The minimum Gasteiger partial charge on any atom is -0.329 e. The molecule has 16 heavy (non-hydrogen) atoms. The van der Waals surface area contributed by atoms with E-state index in [1.165, 1.54) is 36.5 Å². The summed E-state index contributed by atoms with van der Waals surface area (Å²) in [5, 5.41) is 0. The van der Waals surface area contributed by atoms with E-state index in [4.69, 9.17) is 4.98 Å². The Bertz CT molecular complexity index is 380. The van der Waals surface area contributed by atoms with E-state index in [2.05, 4.69) is 40.1 Å². The lowest BCUT2D eigenvalue weighted by Gasteiger charge is -2.22. The highest BCUT2D eigenvalue weighted by molar-refractivity contribution is 6.11. The topological polar surface area (TPSA) is 17.8 Å². The molecule has 0 aliphatic heterocycles. The van der Waals surface area contributed by atoms with E-state index in [-0.39, 0.29) is 0 Å². The van der Waals surface area contributed by atoms with Gasteiger partial charge in [0, 0.05) is 17.7 Å². The smallest absolute Gasteiger partial charge is 0.112 e. The molecule has 2 nitrogen and oxygen atoms in total. The summed E-state index contributed by atoms with van der Waals surface area (Å²) in [6.07, 6.45) is 3.71. The van der Waals surface area contributed by atoms with Crippen molar-refractivity contribution in [3.63, 3.8) is 0 Å². The lowest BCUT2D eigenvalue weighted by Crippen LogP contribution is -2.15. The molecular formula is C13H23BN2. The third kappa shape index (κ3) is 1.92. The van der Waals surface area contributed by atoms with Crippen molar-refractivity contribution < 1.29 is 0 Å². The second-order valence-electron chi connectivity index (χ2n) is 5.83. The van der Waals surface area contributed by atoms with Gasteiger partial charge in [0.15, 0.2) is 0 Å². The molecule has 1 aliphatic rings. The molecule has 1 aromatic rings. The fourth-order valence-corrected chi connectivity index (χ4v) is 2.76. The maximum Gasteiger partial charge on any atom is 0.112 e. The third-order valence-electron chi connectivity index (χ3n) is 3.57. The predicted molar refractivity (Wildman–Crippen MR) is 71.0 cm³/mol. The van der Waals surface area contributed by atoms with Crippen LogP contribution in [0.5, 0.6) is 0 Å². The second kappa shape index (κ2) is 4.27. The molecule has 3 heteroatoms. The van der Waals surface area contributed by atoms with Gasteiger partial charge in [0.25, 0.3) is 0 Å². The van der Waals surface area contributed by atoms with Crippen LogP contribution in [0.25, 0.3) is 0 Å². The van der Waals surface area contributed by atoms with Crippen LogP contribution in [-0.2, 0) is 12.8 Å². The zero-order valence-electron chi connectivity index (χ0n) is 11.2. The molecule has 0 bridgehead atoms. The maximum absolute atomic E-state index is 4.88. The second-order valence-corrected chi connectivity index (χ2v) is 5.83. The summed E-state index contributed by atoms with van der Waals surface area (Å²) in [5.74, 6) is 2.63. The molecule has 1 unspecified atom stereocenters. The minimum absolute atomic E-state index is 0.531. The summed E-state index contributed by atoms with van der Waals surface area (Å²) >= 11 is 0. The molecule has 0 amide bonds. The first-order valence-corrected chi connectivity index (χ1v) is 6.60. The first-order valence-electron chi connectivity index (χ1n) is 6.60. The van der Waals surface area contributed by atoms with Crippen molar-refractivity contribution in [1.82, 2.24) is 9.55 Å². The molecule has 1 atom stereocenters. The van der Waals surface area contributed by atoms with Crippen LogP contribution < -0.4 is 0 Å². The summed E-state index contributed by atoms with van der Waals surface area (Å²) in [6.45, 7) is 9.03. The largest absolute Gasteiger partial charge is 0.329 e. The highest BCUT2D eigenvalue weighted by Crippen LogP contribution is 2.31. The first kappa shape index (κ1) is 11.8. The SMILES string of the molecule is BC1CCc2c(nc(C(C)C)n2C(C)C)C1. The van der Waals surface area contributed by atoms with Crippen molar-refractivity contribution in [1.29, 1.82) is 0 Å². The molecule has 88 valence electrons. The fraction of sp³-hybridized carbons (Fsp3) is 0.769. The number of hydrogen-bond donors (Lipinski definition) is 0. The summed E-state index contributed by atoms with van der Waals surface area (Å²) in [6, 6.07) is 0.544.